The van der Waals surface area contributed by atoms with Gasteiger partial charge < -0.3 is 10.2 Å². The molecule has 0 aromatic heterocycles. The number of carboxylic acid groups (broad SMARTS) is 1. The van der Waals surface area contributed by atoms with Crippen molar-refractivity contribution in [1.82, 2.24) is 0 Å². The molecule has 8 heavy (non-hydrogen) atoms. The zero-order chi connectivity index (χ0) is 5.15. The van der Waals surface area contributed by atoms with Gasteiger partial charge in [0.25, 0.3) is 0 Å². The van der Waals surface area contributed by atoms with Gasteiger partial charge in [0.15, 0.2) is 0 Å². The second kappa shape index (κ2) is 8.95. The summed E-state index contributed by atoms with van der Waals surface area (Å²) >= 11 is 0. The second-order valence-electron chi connectivity index (χ2n) is 1.01. The van der Waals surface area contributed by atoms with Crippen molar-refractivity contribution in [3.05, 3.63) is 0 Å². The summed E-state index contributed by atoms with van der Waals surface area (Å²) in [6.07, 6.45) is -1.23. The fourth-order valence-corrected chi connectivity index (χ4v) is 0. The topological polar surface area (TPSA) is 57.5 Å². The fraction of sp³-hybridized carbons (Fsp3) is 0.667. The molecule has 0 fully saturated rings. The quantitative estimate of drug-likeness (QED) is 0.436. The number of carboxylic acids is 1. The van der Waals surface area contributed by atoms with Crippen LogP contribution in [-0.2, 0) is 4.79 Å². The molecule has 1 atom stereocenters. The molecule has 0 saturated heterocycles. The predicted molar refractivity (Wildman–Crippen MR) is 36.4 cm³/mol. The van der Waals surface area contributed by atoms with Crippen LogP contribution in [0.25, 0.3) is 0 Å². The van der Waals surface area contributed by atoms with Gasteiger partial charge in [0.05, 0.1) is 0 Å². The van der Waals surface area contributed by atoms with Crippen molar-refractivity contribution in [3.63, 3.8) is 0 Å². The monoisotopic (exact) mass is 174 g/mol. The van der Waals surface area contributed by atoms with Gasteiger partial charge in [0.1, 0.15) is 6.10 Å². The Labute approximate surface area is 107 Å². The molecule has 0 amide bonds. The van der Waals surface area contributed by atoms with E-state index in [4.69, 9.17) is 10.2 Å². The van der Waals surface area contributed by atoms with Crippen molar-refractivity contribution in [2.75, 3.05) is 0 Å². The number of hydrogen-bond donors (Lipinski definition) is 2. The first-order chi connectivity index (χ1) is 2.64. The zero-order valence-electron chi connectivity index (χ0n) is 3.38. The Balaban J connectivity index is -0.000000125. The van der Waals surface area contributed by atoms with Gasteiger partial charge in [-0.25, -0.2) is 4.79 Å². The van der Waals surface area contributed by atoms with Crippen LogP contribution in [0.15, 0.2) is 0 Å². The Morgan fingerprint density at radius 3 is 1.62 bits per heavy atom. The molecular weight excluding hydrogens is 164 g/mol. The summed E-state index contributed by atoms with van der Waals surface area (Å²) < 4.78 is 0. The molecule has 0 rings (SSSR count). The molecule has 0 aromatic carbocycles. The molecule has 0 aliphatic heterocycles. The third-order valence-corrected chi connectivity index (χ3v) is 0.357. The van der Waals surface area contributed by atoms with Crippen LogP contribution in [-0.4, -0.2) is 97.8 Å². The first-order valence-electron chi connectivity index (χ1n) is 1.55. The van der Waals surface area contributed by atoms with Gasteiger partial charge in [0, 0.05) is 0 Å². The Bertz CT molecular complexity index is 63.5. The molecule has 0 radical (unpaired) electrons. The van der Waals surface area contributed by atoms with Crippen LogP contribution in [0.5, 0.6) is 0 Å². The summed E-state index contributed by atoms with van der Waals surface area (Å²) in [6.45, 7) is 1.20. The maximum absolute atomic E-state index is 9.45. The summed E-state index contributed by atoms with van der Waals surface area (Å²) in [5.74, 6) is -1.19. The average molecular weight is 174 g/mol. The van der Waals surface area contributed by atoms with E-state index >= 15 is 0 Å². The summed E-state index contributed by atoms with van der Waals surface area (Å²) in [7, 11) is 0. The van der Waals surface area contributed by atoms with Gasteiger partial charge in [-0.2, -0.15) is 0 Å². The van der Waals surface area contributed by atoms with Gasteiger partial charge in [-0.05, 0) is 6.92 Å². The van der Waals surface area contributed by atoms with Crippen molar-refractivity contribution in [3.8, 4) is 0 Å². The average Bonchev–Trinajstić information content (AvgIpc) is 1.36. The Kier molecular flexibility index (Phi) is 18.5. The van der Waals surface area contributed by atoms with Crippen LogP contribution in [0, 0.1) is 0 Å². The first-order valence-corrected chi connectivity index (χ1v) is 1.55. The van der Waals surface area contributed by atoms with Crippen molar-refractivity contribution in [1.29, 1.82) is 0 Å². The molecule has 0 bridgehead atoms. The molecule has 44 valence electrons. The minimum absolute atomic E-state index is 0. The maximum atomic E-state index is 9.45. The first kappa shape index (κ1) is 16.5. The number of rotatable bonds is 1. The third-order valence-electron chi connectivity index (χ3n) is 0.357. The van der Waals surface area contributed by atoms with E-state index in [-0.39, 0.29) is 75.5 Å². The van der Waals surface area contributed by atoms with Crippen molar-refractivity contribution >= 4 is 81.4 Å². The molecule has 2 N–H and O–H groups in total. The van der Waals surface area contributed by atoms with Gasteiger partial charge in [0.2, 0.25) is 0 Å². The van der Waals surface area contributed by atoms with E-state index in [1.165, 1.54) is 6.92 Å². The third kappa shape index (κ3) is 10.8. The molecule has 0 aromatic rings. The fourth-order valence-electron chi connectivity index (χ4n) is 0. The van der Waals surface area contributed by atoms with Crippen LogP contribution in [0.4, 0.5) is 0 Å². The van der Waals surface area contributed by atoms with E-state index in [1.807, 2.05) is 0 Å². The van der Waals surface area contributed by atoms with E-state index in [0.29, 0.717) is 0 Å². The van der Waals surface area contributed by atoms with Crippen molar-refractivity contribution in [2.45, 2.75) is 13.0 Å². The van der Waals surface area contributed by atoms with Crippen molar-refractivity contribution < 1.29 is 15.0 Å². The second-order valence-corrected chi connectivity index (χ2v) is 1.01. The molecule has 0 spiro atoms. The van der Waals surface area contributed by atoms with E-state index in [1.54, 1.807) is 0 Å². The van der Waals surface area contributed by atoms with Gasteiger partial charge >= 0.3 is 81.4 Å². The molecule has 0 aliphatic rings. The Morgan fingerprint density at radius 1 is 1.50 bits per heavy atom. The molecule has 0 heterocycles. The van der Waals surface area contributed by atoms with Crippen LogP contribution in [0.1, 0.15) is 6.92 Å². The van der Waals surface area contributed by atoms with Gasteiger partial charge in [-0.15, -0.1) is 0 Å². The Hall–Kier alpha value is 1.95. The summed E-state index contributed by atoms with van der Waals surface area (Å²) in [5.41, 5.74) is 0. The van der Waals surface area contributed by atoms with Crippen LogP contribution in [0.2, 0.25) is 0 Å². The van der Waals surface area contributed by atoms with E-state index in [9.17, 15) is 4.79 Å². The van der Waals surface area contributed by atoms with Crippen LogP contribution < -0.4 is 0 Å². The summed E-state index contributed by atoms with van der Waals surface area (Å²) in [5, 5.41) is 15.8. The number of hydrogen-bond acceptors (Lipinski definition) is 2. The molecule has 0 saturated carbocycles. The van der Waals surface area contributed by atoms with Crippen LogP contribution >= 0.6 is 0 Å². The predicted octanol–water partition coefficient (Wildman–Crippen LogP) is -2.38. The number of aliphatic hydroxyl groups is 1. The van der Waals surface area contributed by atoms with Crippen molar-refractivity contribution in [2.24, 2.45) is 0 Å². The number of aliphatic hydroxyl groups excluding tert-OH is 1. The molecule has 0 aliphatic carbocycles. The van der Waals surface area contributed by atoms with E-state index in [0.717, 1.165) is 0 Å². The van der Waals surface area contributed by atoms with E-state index < -0.39 is 12.1 Å². The molecule has 1 unspecified atom stereocenters. The molecular formula is C3H10Ca2O3. The number of aliphatic carboxylic acids is 1. The standard InChI is InChI=1S/C3H6O3.2Ca.4H/c1-2(4)3(5)6;;;;;;/h2,4H,1H3,(H,5,6);;;;;;. The van der Waals surface area contributed by atoms with E-state index in [2.05, 4.69) is 0 Å². The summed E-state index contributed by atoms with van der Waals surface area (Å²) in [4.78, 5) is 9.45. The number of carbonyl (C=O) groups is 1. The Morgan fingerprint density at radius 2 is 1.62 bits per heavy atom. The molecule has 3 nitrogen and oxygen atoms in total. The SMILES string of the molecule is CC(O)C(=O)O.[CaH2].[CaH2]. The molecule has 5 heteroatoms. The minimum atomic E-state index is -1.23. The van der Waals surface area contributed by atoms with Gasteiger partial charge in [-0.1, -0.05) is 0 Å². The van der Waals surface area contributed by atoms with Crippen LogP contribution in [0.3, 0.4) is 0 Å². The summed E-state index contributed by atoms with van der Waals surface area (Å²) in [6, 6.07) is 0. The van der Waals surface area contributed by atoms with Gasteiger partial charge in [-0.3, -0.25) is 0 Å². The zero-order valence-corrected chi connectivity index (χ0v) is 3.38. The normalized spacial score (nSPS) is 10.2.